The molecule has 0 bridgehead atoms. The Morgan fingerprint density at radius 2 is 1.82 bits per heavy atom. The molecule has 116 valence electrons. The summed E-state index contributed by atoms with van der Waals surface area (Å²) in [7, 11) is 0. The van der Waals surface area contributed by atoms with E-state index in [1.165, 1.54) is 12.1 Å². The van der Waals surface area contributed by atoms with Gasteiger partial charge in [-0.3, -0.25) is 4.79 Å². The molecule has 0 spiro atoms. The van der Waals surface area contributed by atoms with Crippen LogP contribution in [-0.2, 0) is 16.8 Å². The Morgan fingerprint density at radius 3 is 2.50 bits per heavy atom. The number of halogens is 2. The van der Waals surface area contributed by atoms with Crippen LogP contribution >= 0.6 is 0 Å². The molecule has 0 saturated heterocycles. The van der Waals surface area contributed by atoms with Crippen LogP contribution in [0.4, 0.5) is 8.78 Å². The van der Waals surface area contributed by atoms with Crippen LogP contribution in [0.1, 0.15) is 18.1 Å². The molecule has 22 heavy (non-hydrogen) atoms. The van der Waals surface area contributed by atoms with Gasteiger partial charge in [0.15, 0.2) is 11.6 Å². The molecule has 1 amide bonds. The Kier molecular flexibility index (Phi) is 4.88. The van der Waals surface area contributed by atoms with E-state index < -0.39 is 23.1 Å². The molecule has 0 heterocycles. The average Bonchev–Trinajstić information content (AvgIpc) is 2.51. The molecular weight excluding hydrogens is 288 g/mol. The first-order chi connectivity index (χ1) is 10.4. The van der Waals surface area contributed by atoms with E-state index in [1.807, 2.05) is 6.07 Å². The Hall–Kier alpha value is -2.27. The topological polar surface area (TPSA) is 49.3 Å². The van der Waals surface area contributed by atoms with Crippen LogP contribution in [0, 0.1) is 11.6 Å². The summed E-state index contributed by atoms with van der Waals surface area (Å²) in [5, 5.41) is 12.9. The van der Waals surface area contributed by atoms with E-state index >= 15 is 0 Å². The van der Waals surface area contributed by atoms with Crippen LogP contribution in [0.3, 0.4) is 0 Å². The Labute approximate surface area is 127 Å². The van der Waals surface area contributed by atoms with Crippen molar-refractivity contribution >= 4 is 5.91 Å². The summed E-state index contributed by atoms with van der Waals surface area (Å²) in [5.41, 5.74) is -0.596. The average molecular weight is 305 g/mol. The van der Waals surface area contributed by atoms with Gasteiger partial charge in [-0.05, 0) is 18.6 Å². The van der Waals surface area contributed by atoms with Crippen molar-refractivity contribution in [3.8, 4) is 0 Å². The Morgan fingerprint density at radius 1 is 1.14 bits per heavy atom. The lowest BCUT2D eigenvalue weighted by Gasteiger charge is -2.24. The summed E-state index contributed by atoms with van der Waals surface area (Å²) in [6.07, 6.45) is -0.283. The van der Waals surface area contributed by atoms with Gasteiger partial charge in [0.1, 0.15) is 5.60 Å². The lowest BCUT2D eigenvalue weighted by Crippen LogP contribution is -2.39. The van der Waals surface area contributed by atoms with Crippen LogP contribution in [0.2, 0.25) is 0 Å². The van der Waals surface area contributed by atoms with Crippen molar-refractivity contribution in [1.82, 2.24) is 5.32 Å². The summed E-state index contributed by atoms with van der Waals surface area (Å²) in [5.74, 6) is -2.49. The molecule has 0 aliphatic rings. The van der Waals surface area contributed by atoms with Gasteiger partial charge in [0.25, 0.3) is 0 Å². The summed E-state index contributed by atoms with van der Waals surface area (Å²) < 4.78 is 26.6. The van der Waals surface area contributed by atoms with Gasteiger partial charge >= 0.3 is 0 Å². The number of rotatable bonds is 5. The molecule has 2 aromatic carbocycles. The molecule has 2 N–H and O–H groups in total. The third kappa shape index (κ3) is 3.89. The number of carbonyl (C=O) groups excluding carboxylic acids is 1. The maximum atomic E-state index is 13.5. The number of amides is 1. The molecule has 0 aromatic heterocycles. The van der Waals surface area contributed by atoms with Gasteiger partial charge < -0.3 is 10.4 Å². The van der Waals surface area contributed by atoms with E-state index in [2.05, 4.69) is 5.32 Å². The number of benzene rings is 2. The zero-order valence-electron chi connectivity index (χ0n) is 12.1. The predicted octanol–water partition coefficient (Wildman–Crippen LogP) is 2.53. The van der Waals surface area contributed by atoms with Gasteiger partial charge in [0.05, 0.1) is 13.0 Å². The molecular formula is C17H17F2NO2. The molecule has 0 saturated carbocycles. The van der Waals surface area contributed by atoms with E-state index in [9.17, 15) is 18.7 Å². The molecule has 1 atom stereocenters. The maximum absolute atomic E-state index is 13.5. The molecule has 1 unspecified atom stereocenters. The summed E-state index contributed by atoms with van der Waals surface area (Å²) >= 11 is 0. The van der Waals surface area contributed by atoms with Crippen LogP contribution in [0.15, 0.2) is 48.5 Å². The van der Waals surface area contributed by atoms with Crippen molar-refractivity contribution in [2.45, 2.75) is 18.9 Å². The van der Waals surface area contributed by atoms with Crippen molar-refractivity contribution < 1.29 is 18.7 Å². The fraction of sp³-hybridized carbons (Fsp3) is 0.235. The van der Waals surface area contributed by atoms with Crippen LogP contribution in [0.5, 0.6) is 0 Å². The summed E-state index contributed by atoms with van der Waals surface area (Å²) in [6, 6.07) is 12.6. The lowest BCUT2D eigenvalue weighted by molar-refractivity contribution is -0.121. The molecule has 0 aliphatic heterocycles. The van der Waals surface area contributed by atoms with Gasteiger partial charge in [0, 0.05) is 5.56 Å². The van der Waals surface area contributed by atoms with E-state index in [1.54, 1.807) is 31.2 Å². The van der Waals surface area contributed by atoms with Crippen LogP contribution in [0.25, 0.3) is 0 Å². The quantitative estimate of drug-likeness (QED) is 0.892. The predicted molar refractivity (Wildman–Crippen MR) is 79.1 cm³/mol. The Bertz CT molecular complexity index is 657. The highest BCUT2D eigenvalue weighted by Crippen LogP contribution is 2.19. The number of nitrogens with one attached hydrogen (secondary N) is 1. The second kappa shape index (κ2) is 6.66. The number of carbonyl (C=O) groups is 1. The first-order valence-corrected chi connectivity index (χ1v) is 6.87. The van der Waals surface area contributed by atoms with E-state index in [0.29, 0.717) is 5.56 Å². The standard InChI is InChI=1S/C17H17F2NO2/c1-17(22,13-7-3-2-4-8-13)11-20-15(21)10-12-6-5-9-14(18)16(12)19/h2-9,22H,10-11H2,1H3,(H,20,21). The first-order valence-electron chi connectivity index (χ1n) is 6.87. The zero-order valence-corrected chi connectivity index (χ0v) is 12.1. The second-order valence-corrected chi connectivity index (χ2v) is 5.31. The van der Waals surface area contributed by atoms with Crippen LogP contribution in [-0.4, -0.2) is 17.6 Å². The normalized spacial score (nSPS) is 13.5. The summed E-state index contributed by atoms with van der Waals surface area (Å²) in [4.78, 5) is 11.8. The molecule has 5 heteroatoms. The van der Waals surface area contributed by atoms with E-state index in [0.717, 1.165) is 6.07 Å². The van der Waals surface area contributed by atoms with Crippen molar-refractivity contribution in [2.24, 2.45) is 0 Å². The van der Waals surface area contributed by atoms with Gasteiger partial charge in [-0.2, -0.15) is 0 Å². The smallest absolute Gasteiger partial charge is 0.224 e. The summed E-state index contributed by atoms with van der Waals surface area (Å²) in [6.45, 7) is 1.55. The molecule has 3 nitrogen and oxygen atoms in total. The largest absolute Gasteiger partial charge is 0.384 e. The number of hydrogen-bond acceptors (Lipinski definition) is 2. The molecule has 0 aliphatic carbocycles. The van der Waals surface area contributed by atoms with Gasteiger partial charge in [0.2, 0.25) is 5.91 Å². The molecule has 2 aromatic rings. The number of aliphatic hydroxyl groups is 1. The highest BCUT2D eigenvalue weighted by Gasteiger charge is 2.23. The second-order valence-electron chi connectivity index (χ2n) is 5.31. The van der Waals surface area contributed by atoms with Gasteiger partial charge in [-0.15, -0.1) is 0 Å². The van der Waals surface area contributed by atoms with E-state index in [-0.39, 0.29) is 18.5 Å². The van der Waals surface area contributed by atoms with Crippen molar-refractivity contribution in [2.75, 3.05) is 6.54 Å². The fourth-order valence-corrected chi connectivity index (χ4v) is 2.09. The van der Waals surface area contributed by atoms with E-state index in [4.69, 9.17) is 0 Å². The monoisotopic (exact) mass is 305 g/mol. The van der Waals surface area contributed by atoms with Crippen LogP contribution < -0.4 is 5.32 Å². The minimum atomic E-state index is -1.24. The highest BCUT2D eigenvalue weighted by molar-refractivity contribution is 5.78. The third-order valence-electron chi connectivity index (χ3n) is 3.41. The number of hydrogen-bond donors (Lipinski definition) is 2. The zero-order chi connectivity index (χ0) is 16.2. The SMILES string of the molecule is CC(O)(CNC(=O)Cc1cccc(F)c1F)c1ccccc1. The lowest BCUT2D eigenvalue weighted by atomic mass is 9.96. The highest BCUT2D eigenvalue weighted by atomic mass is 19.2. The van der Waals surface area contributed by atoms with Gasteiger partial charge in [-0.1, -0.05) is 42.5 Å². The van der Waals surface area contributed by atoms with Crippen molar-refractivity contribution in [3.05, 3.63) is 71.3 Å². The minimum absolute atomic E-state index is 0.0168. The first kappa shape index (κ1) is 16.1. The fourth-order valence-electron chi connectivity index (χ4n) is 2.09. The third-order valence-corrected chi connectivity index (χ3v) is 3.41. The van der Waals surface area contributed by atoms with Gasteiger partial charge in [-0.25, -0.2) is 8.78 Å². The minimum Gasteiger partial charge on any atom is -0.384 e. The molecule has 0 fully saturated rings. The molecule has 0 radical (unpaired) electrons. The van der Waals surface area contributed by atoms with Crippen molar-refractivity contribution in [3.63, 3.8) is 0 Å². The maximum Gasteiger partial charge on any atom is 0.224 e. The van der Waals surface area contributed by atoms with Crippen molar-refractivity contribution in [1.29, 1.82) is 0 Å². The Balaban J connectivity index is 1.97. The molecule has 2 rings (SSSR count).